The summed E-state index contributed by atoms with van der Waals surface area (Å²) in [5, 5.41) is 19.0. The summed E-state index contributed by atoms with van der Waals surface area (Å²) < 4.78 is 0. The fraction of sp³-hybridized carbons (Fsp3) is 0.304. The van der Waals surface area contributed by atoms with E-state index in [1.165, 1.54) is 11.3 Å². The maximum Gasteiger partial charge on any atom is 0.274 e. The van der Waals surface area contributed by atoms with E-state index in [9.17, 15) is 9.90 Å². The molecule has 0 unspecified atom stereocenters. The molecule has 0 spiro atoms. The van der Waals surface area contributed by atoms with Gasteiger partial charge in [-0.3, -0.25) is 19.8 Å². The fourth-order valence-electron chi connectivity index (χ4n) is 4.09. The minimum Gasteiger partial charge on any atom is -0.395 e. The summed E-state index contributed by atoms with van der Waals surface area (Å²) in [5.41, 5.74) is 3.74. The third-order valence-electron chi connectivity index (χ3n) is 5.96. The number of thiazole rings is 1. The molecule has 5 rings (SSSR count). The highest BCUT2D eigenvalue weighted by Gasteiger charge is 2.28. The number of H-pyrrole nitrogens is 1. The number of fused-ring (bicyclic) bond motifs is 1. The first-order valence-electron chi connectivity index (χ1n) is 10.7. The molecule has 1 aliphatic rings. The Morgan fingerprint density at radius 2 is 2.06 bits per heavy atom. The number of nitrogens with zero attached hydrogens (tertiary/aromatic N) is 5. The molecule has 1 aromatic carbocycles. The molecular weight excluding hydrogens is 460 g/mol. The lowest BCUT2D eigenvalue weighted by Gasteiger charge is -2.34. The third-order valence-corrected chi connectivity index (χ3v) is 7.49. The van der Waals surface area contributed by atoms with Crippen LogP contribution in [0, 0.1) is 6.92 Å². The Bertz CT molecular complexity index is 1300. The highest BCUT2D eigenvalue weighted by Crippen LogP contribution is 2.38. The van der Waals surface area contributed by atoms with Crippen molar-refractivity contribution < 1.29 is 9.90 Å². The molecule has 170 valence electrons. The van der Waals surface area contributed by atoms with Gasteiger partial charge < -0.3 is 10.0 Å². The van der Waals surface area contributed by atoms with Gasteiger partial charge in [-0.15, -0.1) is 11.3 Å². The van der Waals surface area contributed by atoms with Gasteiger partial charge in [0.15, 0.2) is 0 Å². The number of β-amino-alcohol motifs (C(OH)–C–C–N with tert-alkyl or cyclic N) is 1. The van der Waals surface area contributed by atoms with Crippen LogP contribution in [0.3, 0.4) is 0 Å². The smallest absolute Gasteiger partial charge is 0.274 e. The van der Waals surface area contributed by atoms with Crippen LogP contribution in [-0.2, 0) is 0 Å². The Kier molecular flexibility index (Phi) is 6.11. The van der Waals surface area contributed by atoms with Crippen molar-refractivity contribution in [2.75, 3.05) is 39.3 Å². The summed E-state index contributed by atoms with van der Waals surface area (Å²) in [6.07, 6.45) is 3.46. The number of aryl methyl sites for hydroxylation is 1. The van der Waals surface area contributed by atoms with Crippen LogP contribution in [0.1, 0.15) is 16.1 Å². The van der Waals surface area contributed by atoms with Crippen molar-refractivity contribution in [3.63, 3.8) is 0 Å². The van der Waals surface area contributed by atoms with Crippen molar-refractivity contribution in [2.45, 2.75) is 6.92 Å². The van der Waals surface area contributed by atoms with E-state index in [1.54, 1.807) is 12.4 Å². The lowest BCUT2D eigenvalue weighted by Crippen LogP contribution is -2.49. The van der Waals surface area contributed by atoms with Gasteiger partial charge in [0.25, 0.3) is 5.91 Å². The average Bonchev–Trinajstić information content (AvgIpc) is 3.47. The number of aliphatic hydroxyl groups excluding tert-OH is 1. The Morgan fingerprint density at radius 3 is 2.79 bits per heavy atom. The van der Waals surface area contributed by atoms with Crippen molar-refractivity contribution in [3.05, 3.63) is 52.9 Å². The molecule has 3 aromatic heterocycles. The van der Waals surface area contributed by atoms with Crippen LogP contribution >= 0.6 is 22.9 Å². The number of carbonyl (C=O) groups excluding carboxylic acids is 1. The van der Waals surface area contributed by atoms with Crippen molar-refractivity contribution in [2.24, 2.45) is 0 Å². The number of halogens is 1. The molecule has 0 aliphatic carbocycles. The van der Waals surface area contributed by atoms with E-state index in [4.69, 9.17) is 16.6 Å². The van der Waals surface area contributed by atoms with Crippen molar-refractivity contribution in [1.82, 2.24) is 30.0 Å². The van der Waals surface area contributed by atoms with Gasteiger partial charge in [-0.1, -0.05) is 17.7 Å². The first-order valence-corrected chi connectivity index (χ1v) is 11.9. The number of amides is 1. The van der Waals surface area contributed by atoms with Crippen LogP contribution in [0.15, 0.2) is 36.7 Å². The predicted octanol–water partition coefficient (Wildman–Crippen LogP) is 3.46. The van der Waals surface area contributed by atoms with Crippen LogP contribution in [-0.4, -0.2) is 80.3 Å². The molecular formula is C23H23ClN6O2S. The molecule has 33 heavy (non-hydrogen) atoms. The van der Waals surface area contributed by atoms with E-state index < -0.39 is 0 Å². The van der Waals surface area contributed by atoms with E-state index in [-0.39, 0.29) is 12.5 Å². The lowest BCUT2D eigenvalue weighted by molar-refractivity contribution is 0.0611. The summed E-state index contributed by atoms with van der Waals surface area (Å²) in [6, 6.07) is 7.57. The second kappa shape index (κ2) is 9.18. The molecule has 0 saturated carbocycles. The van der Waals surface area contributed by atoms with Crippen LogP contribution in [0.2, 0.25) is 5.02 Å². The molecule has 0 radical (unpaired) electrons. The second-order valence-corrected chi connectivity index (χ2v) is 9.37. The number of benzene rings is 1. The number of rotatable bonds is 5. The van der Waals surface area contributed by atoms with Gasteiger partial charge in [-0.25, -0.2) is 4.98 Å². The largest absolute Gasteiger partial charge is 0.395 e. The zero-order valence-corrected chi connectivity index (χ0v) is 19.7. The summed E-state index contributed by atoms with van der Waals surface area (Å²) in [6.45, 7) is 5.35. The third kappa shape index (κ3) is 4.13. The normalized spacial score (nSPS) is 14.8. The van der Waals surface area contributed by atoms with Gasteiger partial charge in [0.2, 0.25) is 0 Å². The molecule has 1 saturated heterocycles. The standard InChI is InChI=1S/C23H23ClN6O2S/c1-14-17(24)5-4-16-18(14)27-28-19(16)22-26-20(21(33-22)15-3-2-6-25-13-15)23(32)30-9-7-29(8-10-30)11-12-31/h2-6,13,31H,7-12H2,1H3,(H,27,28). The summed E-state index contributed by atoms with van der Waals surface area (Å²) >= 11 is 7.72. The molecule has 8 nitrogen and oxygen atoms in total. The van der Waals surface area contributed by atoms with Gasteiger partial charge in [0, 0.05) is 61.1 Å². The maximum absolute atomic E-state index is 13.5. The molecule has 1 fully saturated rings. The number of aromatic amines is 1. The number of hydrogen-bond acceptors (Lipinski definition) is 7. The zero-order valence-electron chi connectivity index (χ0n) is 18.1. The Morgan fingerprint density at radius 1 is 1.24 bits per heavy atom. The number of pyridine rings is 1. The molecule has 4 aromatic rings. The van der Waals surface area contributed by atoms with Gasteiger partial charge in [0.1, 0.15) is 16.4 Å². The van der Waals surface area contributed by atoms with Crippen LogP contribution in [0.25, 0.3) is 32.0 Å². The van der Waals surface area contributed by atoms with E-state index in [0.717, 1.165) is 45.7 Å². The van der Waals surface area contributed by atoms with Crippen molar-refractivity contribution in [1.29, 1.82) is 0 Å². The molecule has 2 N–H and O–H groups in total. The minimum absolute atomic E-state index is 0.0944. The SMILES string of the molecule is Cc1c(Cl)ccc2c(-c3nc(C(=O)N4CCN(CCO)CC4)c(-c4cccnc4)s3)[nH]nc12. The topological polar surface area (TPSA) is 98.2 Å². The molecule has 4 heterocycles. The molecule has 0 bridgehead atoms. The highest BCUT2D eigenvalue weighted by molar-refractivity contribution is 7.18. The Balaban J connectivity index is 1.55. The summed E-state index contributed by atoms with van der Waals surface area (Å²) in [4.78, 5) is 27.4. The number of hydrogen-bond donors (Lipinski definition) is 2. The molecule has 0 atom stereocenters. The van der Waals surface area contributed by atoms with Crippen LogP contribution in [0.4, 0.5) is 0 Å². The van der Waals surface area contributed by atoms with E-state index >= 15 is 0 Å². The second-order valence-electron chi connectivity index (χ2n) is 7.96. The number of aliphatic hydroxyl groups is 1. The Hall–Kier alpha value is -2.85. The van der Waals surface area contributed by atoms with E-state index in [2.05, 4.69) is 20.1 Å². The average molecular weight is 483 g/mol. The fourth-order valence-corrected chi connectivity index (χ4v) is 5.30. The molecule has 10 heteroatoms. The monoisotopic (exact) mass is 482 g/mol. The van der Waals surface area contributed by atoms with E-state index in [1.807, 2.05) is 36.1 Å². The number of aromatic nitrogens is 4. The van der Waals surface area contributed by atoms with Crippen molar-refractivity contribution in [3.8, 4) is 21.1 Å². The quantitative estimate of drug-likeness (QED) is 0.452. The molecule has 1 aliphatic heterocycles. The summed E-state index contributed by atoms with van der Waals surface area (Å²) in [5.74, 6) is -0.0944. The van der Waals surface area contributed by atoms with Gasteiger partial charge in [0.05, 0.1) is 17.0 Å². The maximum atomic E-state index is 13.5. The first-order chi connectivity index (χ1) is 16.1. The van der Waals surface area contributed by atoms with Gasteiger partial charge in [-0.2, -0.15) is 5.10 Å². The summed E-state index contributed by atoms with van der Waals surface area (Å²) in [7, 11) is 0. The Labute approximate surface area is 199 Å². The van der Waals surface area contributed by atoms with Gasteiger partial charge >= 0.3 is 0 Å². The minimum atomic E-state index is -0.0944. The molecule has 1 amide bonds. The van der Waals surface area contributed by atoms with E-state index in [0.29, 0.717) is 35.4 Å². The zero-order chi connectivity index (χ0) is 22.9. The predicted molar refractivity (Wildman–Crippen MR) is 130 cm³/mol. The number of carbonyl (C=O) groups is 1. The van der Waals surface area contributed by atoms with Crippen LogP contribution in [0.5, 0.6) is 0 Å². The lowest BCUT2D eigenvalue weighted by atomic mass is 10.1. The first kappa shape index (κ1) is 22.0. The van der Waals surface area contributed by atoms with Gasteiger partial charge in [-0.05, 0) is 30.7 Å². The van der Waals surface area contributed by atoms with Crippen LogP contribution < -0.4 is 0 Å². The number of piperazine rings is 1. The van der Waals surface area contributed by atoms with Crippen molar-refractivity contribution >= 4 is 39.7 Å². The number of nitrogens with one attached hydrogen (secondary N) is 1. The highest BCUT2D eigenvalue weighted by atomic mass is 35.5.